The van der Waals surface area contributed by atoms with Gasteiger partial charge in [0, 0.05) is 18.5 Å². The van der Waals surface area contributed by atoms with E-state index >= 15 is 0 Å². The van der Waals surface area contributed by atoms with Crippen molar-refractivity contribution in [3.63, 3.8) is 0 Å². The molecular formula is C17H16N4O. The highest BCUT2D eigenvalue weighted by atomic mass is 16.1. The third-order valence-electron chi connectivity index (χ3n) is 3.34. The Morgan fingerprint density at radius 2 is 1.95 bits per heavy atom. The van der Waals surface area contributed by atoms with Gasteiger partial charge < -0.3 is 5.32 Å². The lowest BCUT2D eigenvalue weighted by Gasteiger charge is -2.11. The number of amides is 1. The minimum atomic E-state index is -0.206. The van der Waals surface area contributed by atoms with E-state index in [1.165, 1.54) is 6.20 Å². The van der Waals surface area contributed by atoms with Crippen molar-refractivity contribution in [1.29, 1.82) is 0 Å². The minimum absolute atomic E-state index is 0.206. The molecule has 0 saturated heterocycles. The zero-order valence-electron chi connectivity index (χ0n) is 12.4. The topological polar surface area (TPSA) is 59.8 Å². The number of nitrogens with one attached hydrogen (secondary N) is 1. The van der Waals surface area contributed by atoms with E-state index in [0.29, 0.717) is 11.4 Å². The van der Waals surface area contributed by atoms with Gasteiger partial charge in [-0.05, 0) is 37.6 Å². The summed E-state index contributed by atoms with van der Waals surface area (Å²) >= 11 is 0. The Kier molecular flexibility index (Phi) is 3.70. The summed E-state index contributed by atoms with van der Waals surface area (Å²) in [6, 6.07) is 13.2. The van der Waals surface area contributed by atoms with E-state index in [4.69, 9.17) is 0 Å². The van der Waals surface area contributed by atoms with Gasteiger partial charge in [-0.2, -0.15) is 5.10 Å². The molecule has 0 atom stereocenters. The summed E-state index contributed by atoms with van der Waals surface area (Å²) < 4.78 is 1.75. The largest absolute Gasteiger partial charge is 0.306 e. The molecule has 2 aromatic heterocycles. The first-order chi connectivity index (χ1) is 10.6. The van der Waals surface area contributed by atoms with Gasteiger partial charge in [0.05, 0.1) is 16.9 Å². The monoisotopic (exact) mass is 292 g/mol. The number of aryl methyl sites for hydroxylation is 2. The highest BCUT2D eigenvalue weighted by molar-refractivity contribution is 6.03. The van der Waals surface area contributed by atoms with E-state index < -0.39 is 0 Å². The summed E-state index contributed by atoms with van der Waals surface area (Å²) in [6.07, 6.45) is 3.18. The molecule has 3 aromatic rings. The van der Waals surface area contributed by atoms with Gasteiger partial charge in [0.1, 0.15) is 5.82 Å². The van der Waals surface area contributed by atoms with Gasteiger partial charge in [0.15, 0.2) is 0 Å². The molecule has 0 bridgehead atoms. The molecule has 0 aliphatic carbocycles. The van der Waals surface area contributed by atoms with Crippen LogP contribution in [0.1, 0.15) is 21.6 Å². The fourth-order valence-corrected chi connectivity index (χ4v) is 2.26. The van der Waals surface area contributed by atoms with Gasteiger partial charge >= 0.3 is 0 Å². The van der Waals surface area contributed by atoms with E-state index in [1.807, 2.05) is 44.2 Å². The molecule has 1 N–H and O–H groups in total. The van der Waals surface area contributed by atoms with Crippen LogP contribution >= 0.6 is 0 Å². The zero-order chi connectivity index (χ0) is 15.5. The van der Waals surface area contributed by atoms with E-state index in [-0.39, 0.29) is 5.91 Å². The number of rotatable bonds is 3. The lowest BCUT2D eigenvalue weighted by Crippen LogP contribution is -2.15. The van der Waals surface area contributed by atoms with Crippen LogP contribution in [0.3, 0.4) is 0 Å². The molecule has 0 unspecified atom stereocenters. The smallest absolute Gasteiger partial charge is 0.258 e. The minimum Gasteiger partial charge on any atom is -0.306 e. The average Bonchev–Trinajstić information content (AvgIpc) is 2.89. The lowest BCUT2D eigenvalue weighted by molar-refractivity contribution is 0.102. The number of benzene rings is 1. The van der Waals surface area contributed by atoms with E-state index in [9.17, 15) is 4.79 Å². The standard InChI is InChI=1S/C17H16N4O/c1-12-6-3-4-8-15(12)21-16(10-13(2)20-21)19-17(22)14-7-5-9-18-11-14/h3-11H,1-2H3,(H,19,22). The van der Waals surface area contributed by atoms with Crippen molar-refractivity contribution in [2.45, 2.75) is 13.8 Å². The van der Waals surface area contributed by atoms with Crippen molar-refractivity contribution in [1.82, 2.24) is 14.8 Å². The summed E-state index contributed by atoms with van der Waals surface area (Å²) in [5.41, 5.74) is 3.38. The number of para-hydroxylation sites is 1. The molecule has 5 heteroatoms. The van der Waals surface area contributed by atoms with Gasteiger partial charge in [-0.25, -0.2) is 4.68 Å². The van der Waals surface area contributed by atoms with Crippen LogP contribution in [-0.4, -0.2) is 20.7 Å². The van der Waals surface area contributed by atoms with Crippen molar-refractivity contribution >= 4 is 11.7 Å². The Hall–Kier alpha value is -2.95. The maximum absolute atomic E-state index is 12.3. The normalized spacial score (nSPS) is 10.5. The van der Waals surface area contributed by atoms with E-state index in [0.717, 1.165) is 16.9 Å². The van der Waals surface area contributed by atoms with Crippen LogP contribution in [-0.2, 0) is 0 Å². The maximum Gasteiger partial charge on any atom is 0.258 e. The molecule has 0 radical (unpaired) electrons. The molecular weight excluding hydrogens is 276 g/mol. The SMILES string of the molecule is Cc1cc(NC(=O)c2cccnc2)n(-c2ccccc2C)n1. The van der Waals surface area contributed by atoms with E-state index in [2.05, 4.69) is 15.4 Å². The molecule has 1 amide bonds. The number of carbonyl (C=O) groups excluding carboxylic acids is 1. The Balaban J connectivity index is 1.96. The van der Waals surface area contributed by atoms with Crippen LogP contribution < -0.4 is 5.32 Å². The Bertz CT molecular complexity index is 809. The molecule has 1 aromatic carbocycles. The van der Waals surface area contributed by atoms with Crippen LogP contribution in [0.4, 0.5) is 5.82 Å². The molecule has 0 aliphatic heterocycles. The number of nitrogens with zero attached hydrogens (tertiary/aromatic N) is 3. The van der Waals surface area contributed by atoms with Crippen LogP contribution in [0.2, 0.25) is 0 Å². The number of hydrogen-bond donors (Lipinski definition) is 1. The maximum atomic E-state index is 12.3. The van der Waals surface area contributed by atoms with Crippen molar-refractivity contribution < 1.29 is 4.79 Å². The third-order valence-corrected chi connectivity index (χ3v) is 3.34. The average molecular weight is 292 g/mol. The second-order valence-corrected chi connectivity index (χ2v) is 5.07. The van der Waals surface area contributed by atoms with Crippen molar-refractivity contribution in [2.75, 3.05) is 5.32 Å². The van der Waals surface area contributed by atoms with Crippen molar-refractivity contribution in [3.8, 4) is 5.69 Å². The van der Waals surface area contributed by atoms with Gasteiger partial charge in [0.25, 0.3) is 5.91 Å². The first kappa shape index (κ1) is 14.0. The predicted molar refractivity (Wildman–Crippen MR) is 85.2 cm³/mol. The zero-order valence-corrected chi connectivity index (χ0v) is 12.4. The molecule has 5 nitrogen and oxygen atoms in total. The number of carbonyl (C=O) groups is 1. The first-order valence-corrected chi connectivity index (χ1v) is 6.99. The molecule has 0 spiro atoms. The van der Waals surface area contributed by atoms with Crippen LogP contribution in [0.5, 0.6) is 0 Å². The van der Waals surface area contributed by atoms with Crippen LogP contribution in [0.25, 0.3) is 5.69 Å². The summed E-state index contributed by atoms with van der Waals surface area (Å²) in [5, 5.41) is 7.37. The van der Waals surface area contributed by atoms with Crippen LogP contribution in [0, 0.1) is 13.8 Å². The number of pyridine rings is 1. The van der Waals surface area contributed by atoms with Gasteiger partial charge in [0.2, 0.25) is 0 Å². The summed E-state index contributed by atoms with van der Waals surface area (Å²) in [4.78, 5) is 16.3. The molecule has 22 heavy (non-hydrogen) atoms. The third kappa shape index (κ3) is 2.74. The second kappa shape index (κ2) is 5.81. The van der Waals surface area contributed by atoms with Crippen molar-refractivity contribution in [3.05, 3.63) is 71.7 Å². The first-order valence-electron chi connectivity index (χ1n) is 6.99. The van der Waals surface area contributed by atoms with Crippen molar-refractivity contribution in [2.24, 2.45) is 0 Å². The molecule has 2 heterocycles. The molecule has 3 rings (SSSR count). The molecule has 0 fully saturated rings. The Morgan fingerprint density at radius 3 is 2.68 bits per heavy atom. The lowest BCUT2D eigenvalue weighted by atomic mass is 10.2. The second-order valence-electron chi connectivity index (χ2n) is 5.07. The highest BCUT2D eigenvalue weighted by Crippen LogP contribution is 2.20. The van der Waals surface area contributed by atoms with Gasteiger partial charge in [-0.3, -0.25) is 9.78 Å². The molecule has 0 aliphatic rings. The number of anilines is 1. The van der Waals surface area contributed by atoms with E-state index in [1.54, 1.807) is 23.0 Å². The Morgan fingerprint density at radius 1 is 1.14 bits per heavy atom. The summed E-state index contributed by atoms with van der Waals surface area (Å²) in [6.45, 7) is 3.91. The molecule has 0 saturated carbocycles. The van der Waals surface area contributed by atoms with Gasteiger partial charge in [-0.1, -0.05) is 18.2 Å². The number of aromatic nitrogens is 3. The summed E-state index contributed by atoms with van der Waals surface area (Å²) in [5.74, 6) is 0.434. The van der Waals surface area contributed by atoms with Crippen LogP contribution in [0.15, 0.2) is 54.9 Å². The van der Waals surface area contributed by atoms with Gasteiger partial charge in [-0.15, -0.1) is 0 Å². The fourth-order valence-electron chi connectivity index (χ4n) is 2.26. The number of hydrogen-bond acceptors (Lipinski definition) is 3. The highest BCUT2D eigenvalue weighted by Gasteiger charge is 2.13. The summed E-state index contributed by atoms with van der Waals surface area (Å²) in [7, 11) is 0. The quantitative estimate of drug-likeness (QED) is 0.806. The fraction of sp³-hybridized carbons (Fsp3) is 0.118. The Labute approximate surface area is 128 Å². The predicted octanol–water partition coefficient (Wildman–Crippen LogP) is 3.14. The molecule has 110 valence electrons.